The monoisotopic (exact) mass is 360 g/mol. The van der Waals surface area contributed by atoms with Crippen molar-refractivity contribution in [3.8, 4) is 0 Å². The number of hydrogen-bond acceptors (Lipinski definition) is 9. The quantitative estimate of drug-likeness (QED) is 0.718. The first-order valence-electron chi connectivity index (χ1n) is 8.37. The number of ether oxygens (including phenoxy) is 1. The van der Waals surface area contributed by atoms with E-state index in [0.29, 0.717) is 30.3 Å². The Morgan fingerprint density at radius 1 is 1.32 bits per heavy atom. The minimum atomic E-state index is 0.285. The summed E-state index contributed by atoms with van der Waals surface area (Å²) in [6, 6.07) is 4.42. The molecule has 1 aliphatic heterocycles. The molecule has 0 radical (unpaired) electrons. The van der Waals surface area contributed by atoms with Crippen molar-refractivity contribution in [2.24, 2.45) is 0 Å². The summed E-state index contributed by atoms with van der Waals surface area (Å²) < 4.78 is 10.2. The van der Waals surface area contributed by atoms with E-state index in [1.807, 2.05) is 6.07 Å². The number of nitrogens with one attached hydrogen (secondary N) is 1. The van der Waals surface area contributed by atoms with E-state index in [-0.39, 0.29) is 6.04 Å². The molecule has 0 spiro atoms. The number of anilines is 2. The van der Waals surface area contributed by atoms with Gasteiger partial charge in [0.05, 0.1) is 19.2 Å². The first kappa shape index (κ1) is 16.2. The van der Waals surface area contributed by atoms with Gasteiger partial charge < -0.3 is 15.0 Å². The Bertz CT molecular complexity index is 819. The molecule has 4 heterocycles. The molecule has 0 aromatic carbocycles. The van der Waals surface area contributed by atoms with Gasteiger partial charge in [0.15, 0.2) is 11.6 Å². The molecule has 25 heavy (non-hydrogen) atoms. The third-order valence-electron chi connectivity index (χ3n) is 4.36. The Hall–Kier alpha value is -2.26. The second-order valence-corrected chi connectivity index (χ2v) is 7.07. The zero-order valence-corrected chi connectivity index (χ0v) is 14.8. The van der Waals surface area contributed by atoms with Gasteiger partial charge in [-0.2, -0.15) is 0 Å². The first-order chi connectivity index (χ1) is 12.3. The molecule has 0 amide bonds. The van der Waals surface area contributed by atoms with E-state index in [4.69, 9.17) is 9.37 Å². The highest BCUT2D eigenvalue weighted by atomic mass is 32.1. The van der Waals surface area contributed by atoms with Crippen molar-refractivity contribution in [3.05, 3.63) is 22.4 Å². The van der Waals surface area contributed by atoms with Crippen molar-refractivity contribution in [1.82, 2.24) is 20.3 Å². The molecule has 3 aromatic rings. The van der Waals surface area contributed by atoms with Gasteiger partial charge in [-0.3, -0.25) is 0 Å². The van der Waals surface area contributed by atoms with Crippen molar-refractivity contribution in [2.75, 3.05) is 30.5 Å². The van der Waals surface area contributed by atoms with Gasteiger partial charge >= 0.3 is 0 Å². The van der Waals surface area contributed by atoms with Crippen LogP contribution >= 0.6 is 11.3 Å². The zero-order valence-electron chi connectivity index (χ0n) is 14.0. The maximum absolute atomic E-state index is 5.41. The van der Waals surface area contributed by atoms with E-state index in [2.05, 4.69) is 41.9 Å². The molecule has 9 heteroatoms. The summed E-state index contributed by atoms with van der Waals surface area (Å²) in [6.07, 6.45) is 3.40. The molecule has 1 atom stereocenters. The van der Waals surface area contributed by atoms with Crippen molar-refractivity contribution < 1.29 is 9.37 Å². The van der Waals surface area contributed by atoms with Crippen LogP contribution < -0.4 is 10.2 Å². The molecule has 1 aliphatic rings. The number of aromatic nitrogens is 4. The zero-order chi connectivity index (χ0) is 17.1. The lowest BCUT2D eigenvalue weighted by molar-refractivity contribution is 0.166. The van der Waals surface area contributed by atoms with Crippen molar-refractivity contribution in [3.63, 3.8) is 0 Å². The molecule has 3 aromatic heterocycles. The molecule has 1 fully saturated rings. The molecule has 0 aliphatic carbocycles. The highest BCUT2D eigenvalue weighted by Crippen LogP contribution is 2.30. The minimum absolute atomic E-state index is 0.285. The van der Waals surface area contributed by atoms with E-state index in [1.54, 1.807) is 18.4 Å². The van der Waals surface area contributed by atoms with Crippen LogP contribution in [0, 0.1) is 0 Å². The van der Waals surface area contributed by atoms with E-state index in [0.717, 1.165) is 25.2 Å². The van der Waals surface area contributed by atoms with Crippen LogP contribution in [-0.4, -0.2) is 46.6 Å². The maximum atomic E-state index is 5.41. The molecule has 4 rings (SSSR count). The Labute approximate surface area is 149 Å². The fourth-order valence-corrected chi connectivity index (χ4v) is 3.82. The summed E-state index contributed by atoms with van der Waals surface area (Å²) in [7, 11) is 1.74. The molecule has 1 N–H and O–H groups in total. The van der Waals surface area contributed by atoms with Gasteiger partial charge in [-0.15, -0.1) is 11.3 Å². The maximum Gasteiger partial charge on any atom is 0.245 e. The lowest BCUT2D eigenvalue weighted by Gasteiger charge is -2.36. The molecule has 0 bridgehead atoms. The normalized spacial score (nSPS) is 18.0. The number of hydrogen-bond donors (Lipinski definition) is 1. The number of piperidine rings is 1. The largest absolute Gasteiger partial charge is 0.383 e. The summed E-state index contributed by atoms with van der Waals surface area (Å²) in [5.41, 5.74) is 0.844. The number of rotatable bonds is 6. The average molecular weight is 360 g/mol. The summed E-state index contributed by atoms with van der Waals surface area (Å²) >= 11 is 1.71. The summed E-state index contributed by atoms with van der Waals surface area (Å²) in [5, 5.41) is 13.1. The number of nitrogens with zero attached hydrogens (tertiary/aromatic N) is 5. The summed E-state index contributed by atoms with van der Waals surface area (Å²) in [5.74, 6) is 1.50. The first-order valence-corrected chi connectivity index (χ1v) is 9.25. The van der Waals surface area contributed by atoms with Crippen LogP contribution in [0.15, 0.2) is 22.1 Å². The molecule has 132 valence electrons. The van der Waals surface area contributed by atoms with E-state index >= 15 is 0 Å². The van der Waals surface area contributed by atoms with Gasteiger partial charge in [-0.25, -0.2) is 14.6 Å². The van der Waals surface area contributed by atoms with Gasteiger partial charge in [-0.05, 0) is 41.0 Å². The molecule has 8 nitrogen and oxygen atoms in total. The minimum Gasteiger partial charge on any atom is -0.383 e. The Morgan fingerprint density at radius 2 is 2.20 bits per heavy atom. The van der Waals surface area contributed by atoms with Crippen LogP contribution in [0.1, 0.15) is 24.1 Å². The number of methoxy groups -OCH3 is 1. The van der Waals surface area contributed by atoms with Gasteiger partial charge in [0, 0.05) is 18.5 Å². The second-order valence-electron chi connectivity index (χ2n) is 6.04. The lowest BCUT2D eigenvalue weighted by Crippen LogP contribution is -2.43. The Morgan fingerprint density at radius 3 is 3.00 bits per heavy atom. The third kappa shape index (κ3) is 3.42. The predicted octanol–water partition coefficient (Wildman–Crippen LogP) is 2.69. The van der Waals surface area contributed by atoms with Crippen molar-refractivity contribution >= 4 is 34.3 Å². The molecular formula is C16H20N6O2S. The summed E-state index contributed by atoms with van der Waals surface area (Å²) in [4.78, 5) is 12.8. The SMILES string of the molecule is COC[C@@H]1CCCCN1c1nc2nonc2nc1NCc1cccs1. The fraction of sp³-hybridized carbons (Fsp3) is 0.500. The lowest BCUT2D eigenvalue weighted by atomic mass is 10.0. The van der Waals surface area contributed by atoms with E-state index in [1.165, 1.54) is 11.3 Å². The molecular weight excluding hydrogens is 340 g/mol. The fourth-order valence-electron chi connectivity index (χ4n) is 3.18. The highest BCUT2D eigenvalue weighted by Gasteiger charge is 2.27. The van der Waals surface area contributed by atoms with Crippen LogP contribution in [0.4, 0.5) is 11.6 Å². The van der Waals surface area contributed by atoms with Gasteiger partial charge in [0.25, 0.3) is 0 Å². The molecule has 0 saturated carbocycles. The number of thiophene rings is 1. The highest BCUT2D eigenvalue weighted by molar-refractivity contribution is 7.09. The number of fused-ring (bicyclic) bond motifs is 1. The van der Waals surface area contributed by atoms with E-state index in [9.17, 15) is 0 Å². The van der Waals surface area contributed by atoms with Crippen LogP contribution in [0.3, 0.4) is 0 Å². The predicted molar refractivity (Wildman–Crippen MR) is 95.9 cm³/mol. The van der Waals surface area contributed by atoms with E-state index < -0.39 is 0 Å². The molecule has 1 saturated heterocycles. The van der Waals surface area contributed by atoms with Crippen LogP contribution in [0.2, 0.25) is 0 Å². The Balaban J connectivity index is 1.68. The second kappa shape index (κ2) is 7.32. The third-order valence-corrected chi connectivity index (χ3v) is 5.24. The standard InChI is InChI=1S/C16H20N6O2S/c1-23-10-11-5-2-3-7-22(11)16-15(17-9-12-6-4-8-25-12)18-13-14(19-16)21-24-20-13/h4,6,8,11H,2-3,5,7,9-10H2,1H3,(H,17,18,20)/t11-/m0/s1. The Kier molecular flexibility index (Phi) is 4.75. The molecule has 0 unspecified atom stereocenters. The van der Waals surface area contributed by atoms with Gasteiger partial charge in [0.2, 0.25) is 11.3 Å². The average Bonchev–Trinajstić information content (AvgIpc) is 3.31. The van der Waals surface area contributed by atoms with Crippen LogP contribution in [-0.2, 0) is 11.3 Å². The van der Waals surface area contributed by atoms with Crippen LogP contribution in [0.5, 0.6) is 0 Å². The smallest absolute Gasteiger partial charge is 0.245 e. The van der Waals surface area contributed by atoms with Crippen molar-refractivity contribution in [1.29, 1.82) is 0 Å². The van der Waals surface area contributed by atoms with Gasteiger partial charge in [-0.1, -0.05) is 6.07 Å². The topological polar surface area (TPSA) is 89.2 Å². The summed E-state index contributed by atoms with van der Waals surface area (Å²) in [6.45, 7) is 2.28. The van der Waals surface area contributed by atoms with Crippen molar-refractivity contribution in [2.45, 2.75) is 31.8 Å². The van der Waals surface area contributed by atoms with Gasteiger partial charge in [0.1, 0.15) is 0 Å². The van der Waals surface area contributed by atoms with Crippen LogP contribution in [0.25, 0.3) is 11.3 Å².